The number of rotatable bonds is 5. The summed E-state index contributed by atoms with van der Waals surface area (Å²) in [4.78, 5) is 8.49. The van der Waals surface area contributed by atoms with Gasteiger partial charge in [0.25, 0.3) is 0 Å². The highest BCUT2D eigenvalue weighted by molar-refractivity contribution is 6.35. The lowest BCUT2D eigenvalue weighted by Crippen LogP contribution is -2.06. The van der Waals surface area contributed by atoms with Crippen LogP contribution in [0.25, 0.3) is 0 Å². The summed E-state index contributed by atoms with van der Waals surface area (Å²) in [5.74, 6) is 1.56. The third-order valence-corrected chi connectivity index (χ3v) is 3.19. The molecule has 0 spiro atoms. The minimum Gasteiger partial charge on any atom is -0.370 e. The first-order valence-corrected chi connectivity index (χ1v) is 7.14. The van der Waals surface area contributed by atoms with Crippen molar-refractivity contribution in [3.8, 4) is 0 Å². The van der Waals surface area contributed by atoms with E-state index >= 15 is 0 Å². The largest absolute Gasteiger partial charge is 0.370 e. The fourth-order valence-corrected chi connectivity index (χ4v) is 2.29. The second kappa shape index (κ2) is 6.77. The van der Waals surface area contributed by atoms with Crippen molar-refractivity contribution >= 4 is 40.5 Å². The van der Waals surface area contributed by atoms with Crippen molar-refractivity contribution in [3.63, 3.8) is 0 Å². The van der Waals surface area contributed by atoms with E-state index in [-0.39, 0.29) is 0 Å². The highest BCUT2D eigenvalue weighted by atomic mass is 35.5. The lowest BCUT2D eigenvalue weighted by Gasteiger charge is -2.12. The molecule has 0 bridgehead atoms. The Morgan fingerprint density at radius 1 is 1.05 bits per heavy atom. The predicted octanol–water partition coefficient (Wildman–Crippen LogP) is 4.66. The summed E-state index contributed by atoms with van der Waals surface area (Å²) >= 11 is 12.0. The zero-order valence-electron chi connectivity index (χ0n) is 11.4. The molecule has 0 atom stereocenters. The van der Waals surface area contributed by atoms with Gasteiger partial charge in [-0.2, -0.15) is 0 Å². The molecular weight excluding hydrogens is 295 g/mol. The molecule has 0 aliphatic heterocycles. The van der Waals surface area contributed by atoms with Gasteiger partial charge >= 0.3 is 0 Å². The fourth-order valence-electron chi connectivity index (χ4n) is 1.76. The van der Waals surface area contributed by atoms with Crippen molar-refractivity contribution in [1.82, 2.24) is 9.97 Å². The molecule has 1 aromatic heterocycles. The topological polar surface area (TPSA) is 49.8 Å². The summed E-state index contributed by atoms with van der Waals surface area (Å²) in [5, 5.41) is 7.64. The second-order valence-corrected chi connectivity index (χ2v) is 5.28. The summed E-state index contributed by atoms with van der Waals surface area (Å²) in [6.45, 7) is 4.95. The molecule has 4 nitrogen and oxygen atoms in total. The van der Waals surface area contributed by atoms with E-state index in [9.17, 15) is 0 Å². The standard InChI is InChI=1S/C14H16Cl2N4/c1-3-4-17-13-9(2)14(19-8-18-13)20-12-6-10(15)5-11(16)7-12/h5-8H,3-4H2,1-2H3,(H2,17,18,19,20). The number of hydrogen-bond donors (Lipinski definition) is 2. The maximum absolute atomic E-state index is 5.99. The maximum atomic E-state index is 5.99. The van der Waals surface area contributed by atoms with Crippen molar-refractivity contribution in [3.05, 3.63) is 40.1 Å². The van der Waals surface area contributed by atoms with Crippen LogP contribution < -0.4 is 10.6 Å². The number of nitrogens with zero attached hydrogens (tertiary/aromatic N) is 2. The highest BCUT2D eigenvalue weighted by Gasteiger charge is 2.07. The molecule has 0 radical (unpaired) electrons. The second-order valence-electron chi connectivity index (χ2n) is 4.41. The predicted molar refractivity (Wildman–Crippen MR) is 85.3 cm³/mol. The minimum atomic E-state index is 0.580. The lowest BCUT2D eigenvalue weighted by molar-refractivity contribution is 0.960. The van der Waals surface area contributed by atoms with E-state index in [2.05, 4.69) is 27.5 Å². The van der Waals surface area contributed by atoms with Gasteiger partial charge in [0.15, 0.2) is 0 Å². The summed E-state index contributed by atoms with van der Waals surface area (Å²) in [5.41, 5.74) is 1.75. The molecule has 20 heavy (non-hydrogen) atoms. The van der Waals surface area contributed by atoms with Crippen LogP contribution in [0.2, 0.25) is 10.0 Å². The molecule has 0 aliphatic rings. The number of benzene rings is 1. The van der Waals surface area contributed by atoms with Gasteiger partial charge in [0.1, 0.15) is 18.0 Å². The third kappa shape index (κ3) is 3.74. The van der Waals surface area contributed by atoms with E-state index < -0.39 is 0 Å². The van der Waals surface area contributed by atoms with Gasteiger partial charge in [-0.3, -0.25) is 0 Å². The van der Waals surface area contributed by atoms with Crippen LogP contribution in [-0.4, -0.2) is 16.5 Å². The molecule has 2 N–H and O–H groups in total. The Hall–Kier alpha value is -1.52. The normalized spacial score (nSPS) is 10.4. The van der Waals surface area contributed by atoms with Crippen LogP contribution in [0.15, 0.2) is 24.5 Å². The van der Waals surface area contributed by atoms with Crippen molar-refractivity contribution in [2.75, 3.05) is 17.2 Å². The summed E-state index contributed by atoms with van der Waals surface area (Å²) in [6.07, 6.45) is 2.57. The van der Waals surface area contributed by atoms with Crippen LogP contribution in [0, 0.1) is 6.92 Å². The Balaban J connectivity index is 2.24. The SMILES string of the molecule is CCCNc1ncnc(Nc2cc(Cl)cc(Cl)c2)c1C. The molecule has 0 amide bonds. The van der Waals surface area contributed by atoms with Gasteiger partial charge in [-0.15, -0.1) is 0 Å². The van der Waals surface area contributed by atoms with E-state index in [1.807, 2.05) is 6.92 Å². The van der Waals surface area contributed by atoms with Gasteiger partial charge in [-0.05, 0) is 31.5 Å². The Morgan fingerprint density at radius 2 is 1.70 bits per heavy atom. The molecule has 6 heteroatoms. The van der Waals surface area contributed by atoms with Gasteiger partial charge in [-0.25, -0.2) is 9.97 Å². The number of anilines is 3. The monoisotopic (exact) mass is 310 g/mol. The molecule has 2 rings (SSSR count). The molecule has 0 unspecified atom stereocenters. The van der Waals surface area contributed by atoms with Crippen LogP contribution in [0.5, 0.6) is 0 Å². The van der Waals surface area contributed by atoms with Crippen molar-refractivity contribution < 1.29 is 0 Å². The van der Waals surface area contributed by atoms with Crippen LogP contribution in [-0.2, 0) is 0 Å². The quantitative estimate of drug-likeness (QED) is 0.843. The molecule has 106 valence electrons. The molecule has 1 heterocycles. The number of hydrogen-bond acceptors (Lipinski definition) is 4. The number of aromatic nitrogens is 2. The van der Waals surface area contributed by atoms with E-state index in [0.29, 0.717) is 10.0 Å². The van der Waals surface area contributed by atoms with Gasteiger partial charge in [0.05, 0.1) is 0 Å². The fraction of sp³-hybridized carbons (Fsp3) is 0.286. The smallest absolute Gasteiger partial charge is 0.138 e. The summed E-state index contributed by atoms with van der Waals surface area (Å²) in [7, 11) is 0. The number of halogens is 2. The lowest BCUT2D eigenvalue weighted by atomic mass is 10.2. The average Bonchev–Trinajstić information content (AvgIpc) is 2.38. The molecule has 2 aromatic rings. The minimum absolute atomic E-state index is 0.580. The molecule has 1 aromatic carbocycles. The Labute approximate surface area is 128 Å². The zero-order valence-corrected chi connectivity index (χ0v) is 12.9. The Bertz CT molecular complexity index is 581. The molecule has 0 aliphatic carbocycles. The van der Waals surface area contributed by atoms with Crippen molar-refractivity contribution in [2.45, 2.75) is 20.3 Å². The van der Waals surface area contributed by atoms with Gasteiger partial charge < -0.3 is 10.6 Å². The van der Waals surface area contributed by atoms with Gasteiger partial charge in [0, 0.05) is 27.8 Å². The molecule has 0 saturated heterocycles. The van der Waals surface area contributed by atoms with E-state index in [1.165, 1.54) is 6.33 Å². The Kier molecular flexibility index (Phi) is 5.04. The van der Waals surface area contributed by atoms with Crippen LogP contribution in [0.4, 0.5) is 17.3 Å². The summed E-state index contributed by atoms with van der Waals surface area (Å²) in [6, 6.07) is 5.29. The first-order chi connectivity index (χ1) is 9.60. The van der Waals surface area contributed by atoms with Crippen molar-refractivity contribution in [2.24, 2.45) is 0 Å². The first-order valence-electron chi connectivity index (χ1n) is 6.38. The molecule has 0 fully saturated rings. The van der Waals surface area contributed by atoms with E-state index in [0.717, 1.165) is 35.9 Å². The van der Waals surface area contributed by atoms with Crippen LogP contribution in [0.3, 0.4) is 0 Å². The van der Waals surface area contributed by atoms with E-state index in [4.69, 9.17) is 23.2 Å². The summed E-state index contributed by atoms with van der Waals surface area (Å²) < 4.78 is 0. The van der Waals surface area contributed by atoms with E-state index in [1.54, 1.807) is 18.2 Å². The third-order valence-electron chi connectivity index (χ3n) is 2.75. The molecular formula is C14H16Cl2N4. The van der Waals surface area contributed by atoms with Crippen LogP contribution >= 0.6 is 23.2 Å². The van der Waals surface area contributed by atoms with Gasteiger partial charge in [-0.1, -0.05) is 30.1 Å². The molecule has 0 saturated carbocycles. The average molecular weight is 311 g/mol. The number of nitrogens with one attached hydrogen (secondary N) is 2. The zero-order chi connectivity index (χ0) is 14.5. The van der Waals surface area contributed by atoms with Crippen LogP contribution in [0.1, 0.15) is 18.9 Å². The van der Waals surface area contributed by atoms with Gasteiger partial charge in [0.2, 0.25) is 0 Å². The highest BCUT2D eigenvalue weighted by Crippen LogP contribution is 2.27. The Morgan fingerprint density at radius 3 is 2.35 bits per heavy atom. The van der Waals surface area contributed by atoms with Crippen molar-refractivity contribution in [1.29, 1.82) is 0 Å². The maximum Gasteiger partial charge on any atom is 0.138 e. The first kappa shape index (κ1) is 14.9.